The minimum Gasteiger partial charge on any atom is -0.485 e. The van der Waals surface area contributed by atoms with Crippen LogP contribution < -0.4 is 4.74 Å². The van der Waals surface area contributed by atoms with Crippen molar-refractivity contribution in [3.05, 3.63) is 65.7 Å². The zero-order valence-electron chi connectivity index (χ0n) is 17.1. The minimum absolute atomic E-state index is 0.0593. The van der Waals surface area contributed by atoms with Crippen molar-refractivity contribution in [2.75, 3.05) is 13.6 Å². The third-order valence-electron chi connectivity index (χ3n) is 6.34. The van der Waals surface area contributed by atoms with Crippen LogP contribution in [0.1, 0.15) is 48.5 Å². The van der Waals surface area contributed by atoms with E-state index in [1.165, 1.54) is 0 Å². The van der Waals surface area contributed by atoms with Crippen LogP contribution in [0.3, 0.4) is 0 Å². The first kappa shape index (κ1) is 19.5. The monoisotopic (exact) mass is 392 g/mol. The summed E-state index contributed by atoms with van der Waals surface area (Å²) < 4.78 is 6.54. The van der Waals surface area contributed by atoms with E-state index in [9.17, 15) is 9.59 Å². The van der Waals surface area contributed by atoms with E-state index >= 15 is 0 Å². The molecule has 4 rings (SSSR count). The van der Waals surface area contributed by atoms with E-state index in [1.807, 2.05) is 71.4 Å². The third-order valence-corrected chi connectivity index (χ3v) is 6.34. The van der Waals surface area contributed by atoms with E-state index in [0.717, 1.165) is 42.6 Å². The number of benzene rings is 2. The largest absolute Gasteiger partial charge is 0.485 e. The molecule has 0 unspecified atom stereocenters. The molecule has 0 aromatic heterocycles. The zero-order chi connectivity index (χ0) is 20.4. The van der Waals surface area contributed by atoms with Crippen LogP contribution in [-0.2, 0) is 11.3 Å². The molecule has 2 aromatic carbocycles. The highest BCUT2D eigenvalue weighted by Crippen LogP contribution is 2.39. The molecule has 1 fully saturated rings. The van der Waals surface area contributed by atoms with Crippen LogP contribution >= 0.6 is 0 Å². The highest BCUT2D eigenvalue weighted by Gasteiger charge is 2.43. The second-order valence-electron chi connectivity index (χ2n) is 8.28. The Hall–Kier alpha value is -2.82. The number of carbonyl (C=O) groups excluding carboxylic acids is 2. The lowest BCUT2D eigenvalue weighted by molar-refractivity contribution is -0.132. The predicted octanol–water partition coefficient (Wildman–Crippen LogP) is 3.88. The zero-order valence-corrected chi connectivity index (χ0v) is 17.1. The molecule has 1 heterocycles. The Morgan fingerprint density at radius 3 is 2.38 bits per heavy atom. The Morgan fingerprint density at radius 2 is 1.69 bits per heavy atom. The highest BCUT2D eigenvalue weighted by atomic mass is 16.5. The van der Waals surface area contributed by atoms with Crippen molar-refractivity contribution in [2.45, 2.75) is 50.8 Å². The summed E-state index contributed by atoms with van der Waals surface area (Å²) in [5, 5.41) is 0. The molecule has 5 heteroatoms. The van der Waals surface area contributed by atoms with Crippen LogP contribution in [0.4, 0.5) is 0 Å². The van der Waals surface area contributed by atoms with E-state index in [2.05, 4.69) is 0 Å². The Labute approximate surface area is 172 Å². The van der Waals surface area contributed by atoms with Crippen molar-refractivity contribution in [1.29, 1.82) is 0 Å². The quantitative estimate of drug-likeness (QED) is 0.779. The fraction of sp³-hybridized carbons (Fsp3) is 0.417. The molecule has 5 nitrogen and oxygen atoms in total. The SMILES string of the molecule is CC(=O)N1Cc2ccccc2OC2(CCC(N(C)C(=O)c3ccccc3)CC2)C1. The van der Waals surface area contributed by atoms with E-state index in [4.69, 9.17) is 4.74 Å². The van der Waals surface area contributed by atoms with Gasteiger partial charge in [0.2, 0.25) is 5.91 Å². The highest BCUT2D eigenvalue weighted by molar-refractivity contribution is 5.94. The molecule has 1 saturated carbocycles. The maximum absolute atomic E-state index is 12.8. The van der Waals surface area contributed by atoms with Gasteiger partial charge in [0.05, 0.1) is 6.54 Å². The maximum atomic E-state index is 12.8. The number of hydrogen-bond acceptors (Lipinski definition) is 3. The Morgan fingerprint density at radius 1 is 1.03 bits per heavy atom. The van der Waals surface area contributed by atoms with Crippen molar-refractivity contribution in [3.8, 4) is 5.75 Å². The molecule has 2 amide bonds. The second kappa shape index (κ2) is 7.90. The molecule has 0 bridgehead atoms. The van der Waals surface area contributed by atoms with Gasteiger partial charge >= 0.3 is 0 Å². The maximum Gasteiger partial charge on any atom is 0.253 e. The molecular weight excluding hydrogens is 364 g/mol. The van der Waals surface area contributed by atoms with Crippen LogP contribution in [-0.4, -0.2) is 46.8 Å². The normalized spacial score (nSPS) is 23.7. The number of para-hydroxylation sites is 1. The summed E-state index contributed by atoms with van der Waals surface area (Å²) in [6, 6.07) is 17.6. The summed E-state index contributed by atoms with van der Waals surface area (Å²) in [7, 11) is 1.89. The number of hydrogen-bond donors (Lipinski definition) is 0. The van der Waals surface area contributed by atoms with E-state index in [0.29, 0.717) is 13.1 Å². The number of nitrogens with zero attached hydrogens (tertiary/aromatic N) is 2. The molecule has 152 valence electrons. The van der Waals surface area contributed by atoms with E-state index in [-0.39, 0.29) is 23.5 Å². The van der Waals surface area contributed by atoms with Crippen LogP contribution in [0.5, 0.6) is 5.75 Å². The summed E-state index contributed by atoms with van der Waals surface area (Å²) in [4.78, 5) is 28.8. The van der Waals surface area contributed by atoms with Gasteiger partial charge in [0.25, 0.3) is 5.91 Å². The standard InChI is InChI=1S/C24H28N2O3/c1-18(27)26-16-20-10-6-7-11-22(20)29-24(17-26)14-12-21(13-15-24)25(2)23(28)19-8-4-3-5-9-19/h3-11,21H,12-17H2,1-2H3. The summed E-state index contributed by atoms with van der Waals surface area (Å²) in [5.41, 5.74) is 1.39. The number of fused-ring (bicyclic) bond motifs is 1. The Kier molecular flexibility index (Phi) is 5.31. The van der Waals surface area contributed by atoms with Crippen molar-refractivity contribution in [3.63, 3.8) is 0 Å². The van der Waals surface area contributed by atoms with Gasteiger partial charge in [-0.15, -0.1) is 0 Å². The summed E-state index contributed by atoms with van der Waals surface area (Å²) in [6.07, 6.45) is 3.37. The molecule has 1 aliphatic carbocycles. The lowest BCUT2D eigenvalue weighted by Gasteiger charge is -2.43. The van der Waals surface area contributed by atoms with Crippen LogP contribution in [0.2, 0.25) is 0 Å². The lowest BCUT2D eigenvalue weighted by Crippen LogP contribution is -2.52. The molecule has 0 N–H and O–H groups in total. The fourth-order valence-corrected chi connectivity index (χ4v) is 4.56. The molecule has 1 spiro atoms. The van der Waals surface area contributed by atoms with Crippen LogP contribution in [0, 0.1) is 0 Å². The summed E-state index contributed by atoms with van der Waals surface area (Å²) in [6.45, 7) is 2.81. The van der Waals surface area contributed by atoms with Crippen LogP contribution in [0.15, 0.2) is 54.6 Å². The van der Waals surface area contributed by atoms with Crippen molar-refractivity contribution in [2.24, 2.45) is 0 Å². The van der Waals surface area contributed by atoms with Gasteiger partial charge in [-0.2, -0.15) is 0 Å². The number of carbonyl (C=O) groups is 2. The molecule has 2 aliphatic rings. The Bertz CT molecular complexity index is 888. The van der Waals surface area contributed by atoms with Gasteiger partial charge in [-0.3, -0.25) is 9.59 Å². The Balaban J connectivity index is 1.50. The second-order valence-corrected chi connectivity index (χ2v) is 8.28. The van der Waals surface area contributed by atoms with Gasteiger partial charge in [-0.1, -0.05) is 36.4 Å². The van der Waals surface area contributed by atoms with E-state index in [1.54, 1.807) is 6.92 Å². The molecule has 29 heavy (non-hydrogen) atoms. The lowest BCUT2D eigenvalue weighted by atomic mass is 9.81. The number of amides is 2. The smallest absolute Gasteiger partial charge is 0.253 e. The fourth-order valence-electron chi connectivity index (χ4n) is 4.56. The van der Waals surface area contributed by atoms with Crippen LogP contribution in [0.25, 0.3) is 0 Å². The van der Waals surface area contributed by atoms with Crippen molar-refractivity contribution < 1.29 is 14.3 Å². The molecule has 0 saturated heterocycles. The average molecular weight is 392 g/mol. The first-order valence-corrected chi connectivity index (χ1v) is 10.3. The molecule has 1 aliphatic heterocycles. The molecular formula is C24H28N2O3. The van der Waals surface area contributed by atoms with Crippen molar-refractivity contribution >= 4 is 11.8 Å². The van der Waals surface area contributed by atoms with Gasteiger partial charge in [-0.05, 0) is 43.9 Å². The number of rotatable bonds is 2. The first-order valence-electron chi connectivity index (χ1n) is 10.3. The van der Waals surface area contributed by atoms with Gasteiger partial charge in [0.15, 0.2) is 0 Å². The molecule has 0 atom stereocenters. The van der Waals surface area contributed by atoms with Crippen molar-refractivity contribution in [1.82, 2.24) is 9.80 Å². The molecule has 2 aromatic rings. The predicted molar refractivity (Wildman–Crippen MR) is 112 cm³/mol. The van der Waals surface area contributed by atoms with Gasteiger partial charge < -0.3 is 14.5 Å². The summed E-state index contributed by atoms with van der Waals surface area (Å²) >= 11 is 0. The average Bonchev–Trinajstić information content (AvgIpc) is 2.90. The number of ether oxygens (including phenoxy) is 1. The summed E-state index contributed by atoms with van der Waals surface area (Å²) in [5.74, 6) is 1.01. The van der Waals surface area contributed by atoms with Gasteiger partial charge in [-0.25, -0.2) is 0 Å². The third kappa shape index (κ3) is 4.00. The first-order chi connectivity index (χ1) is 14.0. The topological polar surface area (TPSA) is 49.9 Å². The molecule has 0 radical (unpaired) electrons. The van der Waals surface area contributed by atoms with E-state index < -0.39 is 0 Å². The van der Waals surface area contributed by atoms with Gasteiger partial charge in [0, 0.05) is 37.7 Å². The van der Waals surface area contributed by atoms with Gasteiger partial charge in [0.1, 0.15) is 11.4 Å². The minimum atomic E-state index is -0.384.